The largest absolute Gasteiger partial charge is 0.429 e. The van der Waals surface area contributed by atoms with Crippen LogP contribution >= 0.6 is 23.8 Å². The Morgan fingerprint density at radius 1 is 1.11 bits per heavy atom. The van der Waals surface area contributed by atoms with Crippen molar-refractivity contribution >= 4 is 40.9 Å². The van der Waals surface area contributed by atoms with Gasteiger partial charge >= 0.3 is 6.03 Å². The van der Waals surface area contributed by atoms with Gasteiger partial charge in [0.05, 0.1) is 12.2 Å². The number of halogens is 1. The van der Waals surface area contributed by atoms with Gasteiger partial charge in [0, 0.05) is 36.3 Å². The molecule has 1 aromatic heterocycles. The minimum atomic E-state index is -0.00900. The number of hydrogen-bond acceptors (Lipinski definition) is 4. The van der Waals surface area contributed by atoms with Gasteiger partial charge in [0.15, 0.2) is 5.58 Å². The quantitative estimate of drug-likeness (QED) is 0.703. The van der Waals surface area contributed by atoms with E-state index in [9.17, 15) is 4.79 Å². The Balaban J connectivity index is 1.28. The Labute approximate surface area is 175 Å². The van der Waals surface area contributed by atoms with Gasteiger partial charge in [-0.05, 0) is 50.0 Å². The van der Waals surface area contributed by atoms with Crippen molar-refractivity contribution in [2.24, 2.45) is 0 Å². The number of rotatable bonds is 4. The lowest BCUT2D eigenvalue weighted by Gasteiger charge is -2.33. The number of likely N-dealkylation sites (tertiary alicyclic amines) is 1. The maximum atomic E-state index is 12.3. The van der Waals surface area contributed by atoms with Crippen LogP contribution in [0.25, 0.3) is 11.1 Å². The van der Waals surface area contributed by atoms with Crippen LogP contribution < -0.4 is 10.6 Å². The zero-order valence-corrected chi connectivity index (χ0v) is 17.5. The van der Waals surface area contributed by atoms with Gasteiger partial charge in [-0.3, -0.25) is 9.47 Å². The summed E-state index contributed by atoms with van der Waals surface area (Å²) in [6.07, 6.45) is 7.83. The first kappa shape index (κ1) is 19.7. The molecule has 2 heterocycles. The predicted octanol–water partition coefficient (Wildman–Crippen LogP) is 4.67. The van der Waals surface area contributed by atoms with Crippen LogP contribution in [0.4, 0.5) is 4.79 Å². The highest BCUT2D eigenvalue weighted by molar-refractivity contribution is 7.71. The molecule has 0 bridgehead atoms. The van der Waals surface area contributed by atoms with Crippen LogP contribution in [-0.2, 0) is 6.67 Å². The molecule has 1 saturated carbocycles. The molecule has 8 heteroatoms. The second-order valence-electron chi connectivity index (χ2n) is 7.89. The fourth-order valence-corrected chi connectivity index (χ4v) is 4.66. The molecule has 2 aromatic rings. The summed E-state index contributed by atoms with van der Waals surface area (Å²) in [5.74, 6) is 0. The van der Waals surface area contributed by atoms with Crippen molar-refractivity contribution in [1.29, 1.82) is 0 Å². The number of nitrogens with zero attached hydrogens (tertiary/aromatic N) is 2. The van der Waals surface area contributed by atoms with Gasteiger partial charge in [0.2, 0.25) is 0 Å². The van der Waals surface area contributed by atoms with E-state index in [1.807, 2.05) is 16.7 Å². The summed E-state index contributed by atoms with van der Waals surface area (Å²) >= 11 is 11.4. The summed E-state index contributed by atoms with van der Waals surface area (Å²) in [6.45, 7) is 2.52. The number of amides is 2. The minimum absolute atomic E-state index is 0.00900. The Morgan fingerprint density at radius 2 is 1.79 bits per heavy atom. The van der Waals surface area contributed by atoms with Crippen molar-refractivity contribution in [2.45, 2.75) is 63.7 Å². The van der Waals surface area contributed by atoms with Crippen molar-refractivity contribution in [1.82, 2.24) is 20.1 Å². The summed E-state index contributed by atoms with van der Waals surface area (Å²) < 4.78 is 7.67. The lowest BCUT2D eigenvalue weighted by atomic mass is 9.96. The van der Waals surface area contributed by atoms with Gasteiger partial charge < -0.3 is 15.1 Å². The van der Waals surface area contributed by atoms with Crippen molar-refractivity contribution < 1.29 is 9.21 Å². The van der Waals surface area contributed by atoms with Crippen LogP contribution in [0.3, 0.4) is 0 Å². The van der Waals surface area contributed by atoms with Gasteiger partial charge in [-0.15, -0.1) is 0 Å². The standard InChI is InChI=1S/C20H27ClN4O2S/c21-14-6-7-17-18(12-14)27-20(28)25(17)13-24-10-8-16(9-11-24)23-19(26)22-15-4-2-1-3-5-15/h6-7,12,15-16H,1-5,8-11,13H2,(H2,22,23,26). The highest BCUT2D eigenvalue weighted by atomic mass is 35.5. The first-order chi connectivity index (χ1) is 13.6. The molecule has 6 nitrogen and oxygen atoms in total. The van der Waals surface area contributed by atoms with E-state index in [-0.39, 0.29) is 12.1 Å². The van der Waals surface area contributed by atoms with Crippen molar-refractivity contribution in [2.75, 3.05) is 13.1 Å². The van der Waals surface area contributed by atoms with Crippen LogP contribution in [0.2, 0.25) is 5.02 Å². The number of aromatic nitrogens is 1. The molecule has 0 spiro atoms. The molecule has 2 aliphatic rings. The number of benzene rings is 1. The summed E-state index contributed by atoms with van der Waals surface area (Å²) in [5, 5.41) is 6.94. The van der Waals surface area contributed by atoms with Crippen LogP contribution in [0.5, 0.6) is 0 Å². The van der Waals surface area contributed by atoms with Gasteiger partial charge in [-0.1, -0.05) is 30.9 Å². The van der Waals surface area contributed by atoms with E-state index in [1.165, 1.54) is 19.3 Å². The number of carbonyl (C=O) groups is 1. The molecule has 1 saturated heterocycles. The average molecular weight is 423 g/mol. The molecule has 152 valence electrons. The summed E-state index contributed by atoms with van der Waals surface area (Å²) in [5.41, 5.74) is 1.68. The molecule has 2 fully saturated rings. The van der Waals surface area contributed by atoms with E-state index < -0.39 is 0 Å². The normalized spacial score (nSPS) is 19.8. The third-order valence-corrected chi connectivity index (χ3v) is 6.37. The number of hydrogen-bond donors (Lipinski definition) is 2. The molecule has 0 radical (unpaired) electrons. The zero-order valence-electron chi connectivity index (χ0n) is 16.0. The third-order valence-electron chi connectivity index (χ3n) is 5.83. The second kappa shape index (κ2) is 8.84. The maximum Gasteiger partial charge on any atom is 0.315 e. The number of piperidine rings is 1. The van der Waals surface area contributed by atoms with Crippen molar-refractivity contribution in [3.63, 3.8) is 0 Å². The van der Waals surface area contributed by atoms with E-state index >= 15 is 0 Å². The number of fused-ring (bicyclic) bond motifs is 1. The molecule has 4 rings (SSSR count). The lowest BCUT2D eigenvalue weighted by molar-refractivity contribution is 0.157. The predicted molar refractivity (Wildman–Crippen MR) is 113 cm³/mol. The minimum Gasteiger partial charge on any atom is -0.429 e. The lowest BCUT2D eigenvalue weighted by Crippen LogP contribution is -2.50. The smallest absolute Gasteiger partial charge is 0.315 e. The van der Waals surface area contributed by atoms with E-state index in [2.05, 4.69) is 15.5 Å². The first-order valence-electron chi connectivity index (χ1n) is 10.2. The van der Waals surface area contributed by atoms with E-state index in [0.29, 0.717) is 28.2 Å². The third kappa shape index (κ3) is 4.70. The fraction of sp³-hybridized carbons (Fsp3) is 0.600. The van der Waals surface area contributed by atoms with Crippen LogP contribution in [0, 0.1) is 4.84 Å². The Morgan fingerprint density at radius 3 is 2.50 bits per heavy atom. The Kier molecular flexibility index (Phi) is 6.23. The molecule has 0 unspecified atom stereocenters. The van der Waals surface area contributed by atoms with E-state index in [4.69, 9.17) is 28.2 Å². The molecule has 0 atom stereocenters. The van der Waals surface area contributed by atoms with Gasteiger partial charge in [0.25, 0.3) is 4.84 Å². The summed E-state index contributed by atoms with van der Waals surface area (Å²) in [4.78, 5) is 15.1. The molecular formula is C20H27ClN4O2S. The second-order valence-corrected chi connectivity index (χ2v) is 8.68. The first-order valence-corrected chi connectivity index (χ1v) is 11.0. The number of urea groups is 1. The maximum absolute atomic E-state index is 12.3. The Hall–Kier alpha value is -1.57. The molecule has 1 aliphatic heterocycles. The molecule has 1 aliphatic carbocycles. The van der Waals surface area contributed by atoms with Crippen LogP contribution in [0.1, 0.15) is 44.9 Å². The van der Waals surface area contributed by atoms with Gasteiger partial charge in [0.1, 0.15) is 0 Å². The fourth-order valence-electron chi connectivity index (χ4n) is 4.25. The van der Waals surface area contributed by atoms with Gasteiger partial charge in [-0.25, -0.2) is 4.79 Å². The monoisotopic (exact) mass is 422 g/mol. The Bertz CT molecular complexity index is 882. The van der Waals surface area contributed by atoms with Crippen LogP contribution in [-0.4, -0.2) is 40.7 Å². The average Bonchev–Trinajstić information content (AvgIpc) is 2.98. The highest BCUT2D eigenvalue weighted by Gasteiger charge is 2.23. The zero-order chi connectivity index (χ0) is 19.5. The SMILES string of the molecule is O=C(NC1CCCCC1)NC1CCN(Cn2c(=S)oc3cc(Cl)ccc32)CC1. The molecule has 2 N–H and O–H groups in total. The van der Waals surface area contributed by atoms with E-state index in [0.717, 1.165) is 44.3 Å². The van der Waals surface area contributed by atoms with E-state index in [1.54, 1.807) is 6.07 Å². The molecular weight excluding hydrogens is 396 g/mol. The van der Waals surface area contributed by atoms with Crippen LogP contribution in [0.15, 0.2) is 22.6 Å². The van der Waals surface area contributed by atoms with Crippen molar-refractivity contribution in [3.8, 4) is 0 Å². The van der Waals surface area contributed by atoms with Crippen molar-refractivity contribution in [3.05, 3.63) is 28.1 Å². The molecule has 1 aromatic carbocycles. The topological polar surface area (TPSA) is 62.4 Å². The van der Waals surface area contributed by atoms with Gasteiger partial charge in [-0.2, -0.15) is 0 Å². The molecule has 2 amide bonds. The number of nitrogens with one attached hydrogen (secondary N) is 2. The molecule has 28 heavy (non-hydrogen) atoms. The summed E-state index contributed by atoms with van der Waals surface area (Å²) in [7, 11) is 0. The summed E-state index contributed by atoms with van der Waals surface area (Å²) in [6, 6.07) is 6.16. The number of oxazole rings is 1. The highest BCUT2D eigenvalue weighted by Crippen LogP contribution is 2.23. The number of carbonyl (C=O) groups excluding carboxylic acids is 1.